The Morgan fingerprint density at radius 3 is 1.92 bits per heavy atom. The van der Waals surface area contributed by atoms with Crippen molar-refractivity contribution in [2.45, 2.75) is 83.0 Å². The molecule has 0 aliphatic carbocycles. The first-order chi connectivity index (χ1) is 17.3. The Bertz CT molecular complexity index is 802. The summed E-state index contributed by atoms with van der Waals surface area (Å²) in [7, 11) is 0. The van der Waals surface area contributed by atoms with E-state index in [4.69, 9.17) is 28.7 Å². The highest BCUT2D eigenvalue weighted by molar-refractivity contribution is 5.94. The maximum Gasteiger partial charge on any atom is 0.326 e. The maximum absolute atomic E-state index is 13.1. The minimum absolute atomic E-state index is 0.0126. The molecule has 0 saturated heterocycles. The number of hydrogen-bond donors (Lipinski definition) is 9. The molecule has 14 N–H and O–H groups in total. The molecule has 0 rings (SSSR count). The topological polar surface area (TPSA) is 284 Å². The molecule has 0 aromatic carbocycles. The van der Waals surface area contributed by atoms with Crippen LogP contribution in [0.2, 0.25) is 0 Å². The number of carbonyl (C=O) groups excluding carboxylic acids is 4. The zero-order valence-electron chi connectivity index (χ0n) is 21.6. The summed E-state index contributed by atoms with van der Waals surface area (Å²) < 4.78 is 0. The van der Waals surface area contributed by atoms with E-state index in [1.54, 1.807) is 13.8 Å². The molecule has 0 aliphatic rings. The molecule has 0 radical (unpaired) electrons. The van der Waals surface area contributed by atoms with Crippen LogP contribution >= 0.6 is 0 Å². The summed E-state index contributed by atoms with van der Waals surface area (Å²) in [5.41, 5.74) is 27.0. The largest absolute Gasteiger partial charge is 0.480 e. The number of unbranched alkanes of at least 4 members (excludes halogenated alkanes) is 1. The van der Waals surface area contributed by atoms with Gasteiger partial charge in [0.2, 0.25) is 23.6 Å². The number of carbonyl (C=O) groups is 5. The van der Waals surface area contributed by atoms with Crippen molar-refractivity contribution >= 4 is 35.6 Å². The minimum atomic E-state index is -1.20. The fraction of sp³-hybridized carbons (Fsp3) is 0.727. The fourth-order valence-electron chi connectivity index (χ4n) is 3.28. The Morgan fingerprint density at radius 2 is 1.41 bits per heavy atom. The second kappa shape index (κ2) is 17.9. The summed E-state index contributed by atoms with van der Waals surface area (Å²) in [6, 6.07) is -4.41. The molecular weight excluding hydrogens is 486 g/mol. The van der Waals surface area contributed by atoms with Gasteiger partial charge in [-0.25, -0.2) is 4.79 Å². The Labute approximate surface area is 216 Å². The molecule has 0 aromatic heterocycles. The van der Waals surface area contributed by atoms with E-state index in [-0.39, 0.29) is 38.2 Å². The van der Waals surface area contributed by atoms with Gasteiger partial charge in [-0.1, -0.05) is 13.8 Å². The highest BCUT2D eigenvalue weighted by atomic mass is 16.4. The number of primary amides is 1. The first-order valence-corrected chi connectivity index (χ1v) is 12.2. The molecular formula is C22H43N9O6. The van der Waals surface area contributed by atoms with E-state index in [1.807, 2.05) is 0 Å². The van der Waals surface area contributed by atoms with Gasteiger partial charge in [-0.2, -0.15) is 0 Å². The number of nitrogens with one attached hydrogen (secondary N) is 3. The lowest BCUT2D eigenvalue weighted by molar-refractivity contribution is -0.143. The van der Waals surface area contributed by atoms with E-state index in [0.29, 0.717) is 25.8 Å². The van der Waals surface area contributed by atoms with Crippen molar-refractivity contribution in [2.24, 2.45) is 39.6 Å². The Kier molecular flexibility index (Phi) is 16.2. The molecule has 4 amide bonds. The lowest BCUT2D eigenvalue weighted by Crippen LogP contribution is -2.58. The van der Waals surface area contributed by atoms with Crippen LogP contribution in [0.3, 0.4) is 0 Å². The van der Waals surface area contributed by atoms with Crippen molar-refractivity contribution in [3.05, 3.63) is 0 Å². The molecule has 212 valence electrons. The monoisotopic (exact) mass is 529 g/mol. The SMILES string of the molecule is CC(C)C(NC(=O)C(CCCN=C(N)N)NC(=O)C(N)CCC(N)=O)C(=O)NC(CCCCN)C(=O)O. The molecule has 4 unspecified atom stereocenters. The maximum atomic E-state index is 13.1. The number of amides is 4. The predicted molar refractivity (Wildman–Crippen MR) is 137 cm³/mol. The molecule has 15 nitrogen and oxygen atoms in total. The molecule has 0 aromatic rings. The van der Waals surface area contributed by atoms with Crippen molar-refractivity contribution < 1.29 is 29.1 Å². The normalized spacial score (nSPS) is 14.1. The zero-order valence-corrected chi connectivity index (χ0v) is 21.6. The second-order valence-electron chi connectivity index (χ2n) is 9.04. The average molecular weight is 530 g/mol. The number of aliphatic imine (C=N–C) groups is 1. The number of hydrogen-bond acceptors (Lipinski definition) is 8. The van der Waals surface area contributed by atoms with Gasteiger partial charge in [-0.15, -0.1) is 0 Å². The second-order valence-corrected chi connectivity index (χ2v) is 9.04. The van der Waals surface area contributed by atoms with E-state index < -0.39 is 59.7 Å². The molecule has 37 heavy (non-hydrogen) atoms. The van der Waals surface area contributed by atoms with E-state index >= 15 is 0 Å². The van der Waals surface area contributed by atoms with E-state index in [2.05, 4.69) is 20.9 Å². The summed E-state index contributed by atoms with van der Waals surface area (Å²) in [6.45, 7) is 3.95. The Morgan fingerprint density at radius 1 is 0.811 bits per heavy atom. The van der Waals surface area contributed by atoms with Gasteiger partial charge in [0.1, 0.15) is 18.1 Å². The van der Waals surface area contributed by atoms with Gasteiger partial charge >= 0.3 is 5.97 Å². The quantitative estimate of drug-likeness (QED) is 0.0463. The van der Waals surface area contributed by atoms with Crippen LogP contribution in [0.15, 0.2) is 4.99 Å². The van der Waals surface area contributed by atoms with Crippen LogP contribution in [0.5, 0.6) is 0 Å². The first kappa shape index (κ1) is 33.5. The van der Waals surface area contributed by atoms with Gasteiger partial charge in [0.25, 0.3) is 0 Å². The van der Waals surface area contributed by atoms with Crippen molar-refractivity contribution in [3.8, 4) is 0 Å². The fourth-order valence-corrected chi connectivity index (χ4v) is 3.28. The summed E-state index contributed by atoms with van der Waals surface area (Å²) in [5.74, 6) is -4.39. The zero-order chi connectivity index (χ0) is 28.5. The number of guanidine groups is 1. The van der Waals surface area contributed by atoms with Crippen molar-refractivity contribution in [1.82, 2.24) is 16.0 Å². The summed E-state index contributed by atoms with van der Waals surface area (Å²) in [4.78, 5) is 64.9. The Hall–Kier alpha value is -3.46. The number of carboxylic acid groups (broad SMARTS) is 1. The van der Waals surface area contributed by atoms with Gasteiger partial charge in [-0.05, 0) is 51.0 Å². The first-order valence-electron chi connectivity index (χ1n) is 12.2. The highest BCUT2D eigenvalue weighted by Crippen LogP contribution is 2.08. The molecule has 0 spiro atoms. The van der Waals surface area contributed by atoms with Crippen LogP contribution in [-0.4, -0.2) is 77.9 Å². The molecule has 0 bridgehead atoms. The molecule has 0 saturated carbocycles. The van der Waals surface area contributed by atoms with E-state index in [1.165, 1.54) is 0 Å². The van der Waals surface area contributed by atoms with Gasteiger partial charge in [0.15, 0.2) is 5.96 Å². The van der Waals surface area contributed by atoms with Crippen LogP contribution in [0, 0.1) is 5.92 Å². The molecule has 15 heteroatoms. The van der Waals surface area contributed by atoms with Crippen molar-refractivity contribution in [3.63, 3.8) is 0 Å². The third kappa shape index (κ3) is 14.6. The third-order valence-corrected chi connectivity index (χ3v) is 5.43. The number of carboxylic acids is 1. The van der Waals surface area contributed by atoms with E-state index in [9.17, 15) is 29.1 Å². The molecule has 0 fully saturated rings. The number of nitrogens with zero attached hydrogens (tertiary/aromatic N) is 1. The van der Waals surface area contributed by atoms with Crippen molar-refractivity contribution in [1.29, 1.82) is 0 Å². The van der Waals surface area contributed by atoms with Crippen molar-refractivity contribution in [2.75, 3.05) is 13.1 Å². The van der Waals surface area contributed by atoms with Gasteiger partial charge in [0.05, 0.1) is 6.04 Å². The predicted octanol–water partition coefficient (Wildman–Crippen LogP) is -3.04. The molecule has 0 aliphatic heterocycles. The number of aliphatic carboxylic acids is 1. The molecule has 0 heterocycles. The Balaban J connectivity index is 5.49. The van der Waals surface area contributed by atoms with Crippen LogP contribution in [0.1, 0.15) is 58.8 Å². The van der Waals surface area contributed by atoms with Crippen LogP contribution in [0.4, 0.5) is 0 Å². The average Bonchev–Trinajstić information content (AvgIpc) is 2.81. The number of nitrogens with two attached hydrogens (primary N) is 5. The van der Waals surface area contributed by atoms with Crippen LogP contribution in [-0.2, 0) is 24.0 Å². The van der Waals surface area contributed by atoms with Gasteiger partial charge in [-0.3, -0.25) is 24.2 Å². The third-order valence-electron chi connectivity index (χ3n) is 5.43. The lowest BCUT2D eigenvalue weighted by atomic mass is 10.0. The molecule has 4 atom stereocenters. The minimum Gasteiger partial charge on any atom is -0.480 e. The number of rotatable bonds is 19. The lowest BCUT2D eigenvalue weighted by Gasteiger charge is -2.27. The summed E-state index contributed by atoms with van der Waals surface area (Å²) in [5, 5.41) is 17.0. The van der Waals surface area contributed by atoms with Gasteiger partial charge < -0.3 is 49.7 Å². The highest BCUT2D eigenvalue weighted by Gasteiger charge is 2.31. The summed E-state index contributed by atoms with van der Waals surface area (Å²) in [6.07, 6.45) is 1.60. The van der Waals surface area contributed by atoms with E-state index in [0.717, 1.165) is 0 Å². The summed E-state index contributed by atoms with van der Waals surface area (Å²) >= 11 is 0. The van der Waals surface area contributed by atoms with Crippen LogP contribution in [0.25, 0.3) is 0 Å². The smallest absolute Gasteiger partial charge is 0.326 e. The van der Waals surface area contributed by atoms with Gasteiger partial charge in [0, 0.05) is 13.0 Å². The van der Waals surface area contributed by atoms with Crippen LogP contribution < -0.4 is 44.6 Å². The standard InChI is InChI=1S/C22H43N9O6/c1-12(2)17(20(35)30-15(21(36)37)6-3-4-10-23)31-19(34)14(7-5-11-28-22(26)27)29-18(33)13(24)8-9-16(25)32/h12-15,17H,3-11,23-24H2,1-2H3,(H2,25,32)(H,29,33)(H,30,35)(H,31,34)(H,36,37)(H4,26,27,28).